The van der Waals surface area contributed by atoms with Gasteiger partial charge in [0.05, 0.1) is 12.0 Å². The highest BCUT2D eigenvalue weighted by Crippen LogP contribution is 2.29. The third kappa shape index (κ3) is 5.05. The Hall–Kier alpha value is -2.05. The van der Waals surface area contributed by atoms with Crippen LogP contribution in [0.15, 0.2) is 24.3 Å². The van der Waals surface area contributed by atoms with Crippen LogP contribution in [0.4, 0.5) is 13.2 Å². The van der Waals surface area contributed by atoms with Gasteiger partial charge in [0.25, 0.3) is 0 Å². The molecule has 0 fully saturated rings. The zero-order valence-corrected chi connectivity index (χ0v) is 12.4. The van der Waals surface area contributed by atoms with Crippen molar-refractivity contribution in [3.05, 3.63) is 35.4 Å². The first kappa shape index (κ1) is 18.0. The second kappa shape index (κ2) is 7.29. The van der Waals surface area contributed by atoms with E-state index in [1.807, 2.05) is 6.92 Å². The fourth-order valence-corrected chi connectivity index (χ4v) is 2.00. The van der Waals surface area contributed by atoms with Crippen LogP contribution in [-0.2, 0) is 22.2 Å². The molecule has 0 bridgehead atoms. The third-order valence-corrected chi connectivity index (χ3v) is 3.45. The average Bonchev–Trinajstić information content (AvgIpc) is 2.43. The smallest absolute Gasteiger partial charge is 0.368 e. The minimum atomic E-state index is -4.46. The zero-order chi connectivity index (χ0) is 16.9. The largest absolute Gasteiger partial charge is 0.416 e. The summed E-state index contributed by atoms with van der Waals surface area (Å²) in [6.07, 6.45) is -4.07. The van der Waals surface area contributed by atoms with Gasteiger partial charge < -0.3 is 11.1 Å². The summed E-state index contributed by atoms with van der Waals surface area (Å²) < 4.78 is 37.8. The Kier molecular flexibility index (Phi) is 5.96. The highest BCUT2D eigenvalue weighted by Gasteiger charge is 2.30. The van der Waals surface area contributed by atoms with Gasteiger partial charge in [0.2, 0.25) is 11.8 Å². The van der Waals surface area contributed by atoms with E-state index < -0.39 is 29.6 Å². The number of nitrogens with one attached hydrogen (secondary N) is 1. The van der Waals surface area contributed by atoms with Crippen LogP contribution < -0.4 is 11.1 Å². The van der Waals surface area contributed by atoms with Crippen molar-refractivity contribution in [1.82, 2.24) is 5.32 Å². The average molecular weight is 316 g/mol. The van der Waals surface area contributed by atoms with Crippen LogP contribution in [0.3, 0.4) is 0 Å². The number of primary amides is 1. The standard InChI is InChI=1S/C15H19F3N2O2/c1-3-9(2)13(14(19)22)20-12(21)8-10-5-4-6-11(7-10)15(16,17)18/h4-7,9,13H,3,8H2,1-2H3,(H2,19,22)(H,20,21). The number of alkyl halides is 3. The van der Waals surface area contributed by atoms with Crippen molar-refractivity contribution < 1.29 is 22.8 Å². The van der Waals surface area contributed by atoms with Crippen molar-refractivity contribution in [3.8, 4) is 0 Å². The molecule has 2 unspecified atom stereocenters. The molecular weight excluding hydrogens is 297 g/mol. The molecule has 0 radical (unpaired) electrons. The fraction of sp³-hybridized carbons (Fsp3) is 0.467. The van der Waals surface area contributed by atoms with E-state index in [0.717, 1.165) is 12.1 Å². The van der Waals surface area contributed by atoms with Crippen molar-refractivity contribution in [3.63, 3.8) is 0 Å². The van der Waals surface area contributed by atoms with E-state index in [0.29, 0.717) is 6.42 Å². The van der Waals surface area contributed by atoms with E-state index in [-0.39, 0.29) is 17.9 Å². The normalized spacial score (nSPS) is 14.2. The number of halogens is 3. The topological polar surface area (TPSA) is 72.2 Å². The van der Waals surface area contributed by atoms with Crippen LogP contribution in [0.5, 0.6) is 0 Å². The molecule has 0 saturated heterocycles. The Bertz CT molecular complexity index is 544. The highest BCUT2D eigenvalue weighted by atomic mass is 19.4. The van der Waals surface area contributed by atoms with Gasteiger partial charge in [0.1, 0.15) is 6.04 Å². The number of hydrogen-bond acceptors (Lipinski definition) is 2. The lowest BCUT2D eigenvalue weighted by Crippen LogP contribution is -2.48. The molecule has 4 nitrogen and oxygen atoms in total. The summed E-state index contributed by atoms with van der Waals surface area (Å²) in [5, 5.41) is 2.48. The number of carbonyl (C=O) groups excluding carboxylic acids is 2. The van der Waals surface area contributed by atoms with Crippen LogP contribution in [0, 0.1) is 5.92 Å². The van der Waals surface area contributed by atoms with Crippen LogP contribution in [0.25, 0.3) is 0 Å². The number of amides is 2. The summed E-state index contributed by atoms with van der Waals surface area (Å²) in [6, 6.07) is 3.70. The lowest BCUT2D eigenvalue weighted by atomic mass is 9.98. The molecule has 1 rings (SSSR count). The Morgan fingerprint density at radius 2 is 1.95 bits per heavy atom. The first-order chi connectivity index (χ1) is 10.1. The molecule has 7 heteroatoms. The van der Waals surface area contributed by atoms with Gasteiger partial charge in [-0.2, -0.15) is 13.2 Å². The number of benzene rings is 1. The van der Waals surface area contributed by atoms with Gasteiger partial charge in [0, 0.05) is 0 Å². The molecule has 0 aliphatic carbocycles. The molecule has 122 valence electrons. The fourth-order valence-electron chi connectivity index (χ4n) is 2.00. The van der Waals surface area contributed by atoms with Gasteiger partial charge >= 0.3 is 6.18 Å². The molecule has 0 spiro atoms. The number of rotatable bonds is 6. The van der Waals surface area contributed by atoms with E-state index in [1.54, 1.807) is 6.92 Å². The second-order valence-corrected chi connectivity index (χ2v) is 5.21. The maximum absolute atomic E-state index is 12.6. The number of hydrogen-bond donors (Lipinski definition) is 2. The van der Waals surface area contributed by atoms with Gasteiger partial charge in [-0.15, -0.1) is 0 Å². The Morgan fingerprint density at radius 1 is 1.32 bits per heavy atom. The van der Waals surface area contributed by atoms with E-state index in [9.17, 15) is 22.8 Å². The maximum atomic E-state index is 12.6. The van der Waals surface area contributed by atoms with Gasteiger partial charge in [-0.1, -0.05) is 38.5 Å². The zero-order valence-electron chi connectivity index (χ0n) is 12.4. The van der Waals surface area contributed by atoms with Gasteiger partial charge in [0.15, 0.2) is 0 Å². The molecule has 0 saturated carbocycles. The molecule has 0 heterocycles. The molecule has 0 aliphatic heterocycles. The monoisotopic (exact) mass is 316 g/mol. The van der Waals surface area contributed by atoms with Crippen molar-refractivity contribution >= 4 is 11.8 Å². The molecule has 0 aromatic heterocycles. The van der Waals surface area contributed by atoms with Gasteiger partial charge in [-0.05, 0) is 17.5 Å². The van der Waals surface area contributed by atoms with E-state index in [4.69, 9.17) is 5.73 Å². The van der Waals surface area contributed by atoms with E-state index >= 15 is 0 Å². The third-order valence-electron chi connectivity index (χ3n) is 3.45. The molecule has 1 aromatic rings. The van der Waals surface area contributed by atoms with Crippen molar-refractivity contribution in [2.45, 2.75) is 38.9 Å². The summed E-state index contributed by atoms with van der Waals surface area (Å²) in [6.45, 7) is 3.61. The minimum Gasteiger partial charge on any atom is -0.368 e. The molecule has 3 N–H and O–H groups in total. The molecule has 0 aliphatic rings. The van der Waals surface area contributed by atoms with Crippen molar-refractivity contribution in [1.29, 1.82) is 0 Å². The number of carbonyl (C=O) groups is 2. The van der Waals surface area contributed by atoms with Gasteiger partial charge in [-0.25, -0.2) is 0 Å². The Balaban J connectivity index is 2.78. The molecule has 1 aromatic carbocycles. The quantitative estimate of drug-likeness (QED) is 0.845. The predicted octanol–water partition coefficient (Wildman–Crippen LogP) is 2.26. The summed E-state index contributed by atoms with van der Waals surface area (Å²) in [5.74, 6) is -1.35. The Labute approximate surface area is 126 Å². The van der Waals surface area contributed by atoms with Crippen molar-refractivity contribution in [2.75, 3.05) is 0 Å². The van der Waals surface area contributed by atoms with Crippen LogP contribution in [-0.4, -0.2) is 17.9 Å². The lowest BCUT2D eigenvalue weighted by molar-refractivity contribution is -0.137. The SMILES string of the molecule is CCC(C)C(NC(=O)Cc1cccc(C(F)(F)F)c1)C(N)=O. The summed E-state index contributed by atoms with van der Waals surface area (Å²) in [7, 11) is 0. The minimum absolute atomic E-state index is 0.150. The van der Waals surface area contributed by atoms with E-state index in [2.05, 4.69) is 5.32 Å². The second-order valence-electron chi connectivity index (χ2n) is 5.21. The lowest BCUT2D eigenvalue weighted by Gasteiger charge is -2.21. The molecule has 22 heavy (non-hydrogen) atoms. The first-order valence-corrected chi connectivity index (χ1v) is 6.90. The van der Waals surface area contributed by atoms with E-state index in [1.165, 1.54) is 12.1 Å². The maximum Gasteiger partial charge on any atom is 0.416 e. The van der Waals surface area contributed by atoms with Crippen LogP contribution in [0.1, 0.15) is 31.4 Å². The Morgan fingerprint density at radius 3 is 2.45 bits per heavy atom. The highest BCUT2D eigenvalue weighted by molar-refractivity contribution is 5.87. The van der Waals surface area contributed by atoms with Gasteiger partial charge in [-0.3, -0.25) is 9.59 Å². The number of nitrogens with two attached hydrogens (primary N) is 1. The van der Waals surface area contributed by atoms with Crippen LogP contribution >= 0.6 is 0 Å². The first-order valence-electron chi connectivity index (χ1n) is 6.90. The molecule has 2 atom stereocenters. The van der Waals surface area contributed by atoms with Crippen LogP contribution in [0.2, 0.25) is 0 Å². The molecular formula is C15H19F3N2O2. The molecule has 2 amide bonds. The van der Waals surface area contributed by atoms with Crippen molar-refractivity contribution in [2.24, 2.45) is 11.7 Å². The summed E-state index contributed by atoms with van der Waals surface area (Å²) in [5.41, 5.74) is 4.64. The predicted molar refractivity (Wildman–Crippen MR) is 75.7 cm³/mol. The summed E-state index contributed by atoms with van der Waals surface area (Å²) in [4.78, 5) is 23.2. The summed E-state index contributed by atoms with van der Waals surface area (Å²) >= 11 is 0.